The van der Waals surface area contributed by atoms with Crippen LogP contribution in [0.1, 0.15) is 62.3 Å². The third kappa shape index (κ3) is 3.56. The first-order valence-corrected chi connectivity index (χ1v) is 11.1. The summed E-state index contributed by atoms with van der Waals surface area (Å²) in [4.78, 5) is 16.9. The highest BCUT2D eigenvalue weighted by Crippen LogP contribution is 2.44. The number of hydrogen-bond donors (Lipinski definition) is 1. The maximum absolute atomic E-state index is 13.8. The molecular formula is C24H24ClFN4. The second-order valence-electron chi connectivity index (χ2n) is 8.33. The van der Waals surface area contributed by atoms with Crippen LogP contribution in [-0.2, 0) is 0 Å². The van der Waals surface area contributed by atoms with E-state index in [2.05, 4.69) is 27.9 Å². The van der Waals surface area contributed by atoms with Crippen LogP contribution in [-0.4, -0.2) is 19.9 Å². The molecule has 1 aromatic carbocycles. The summed E-state index contributed by atoms with van der Waals surface area (Å²) < 4.78 is 13.8. The number of fused-ring (bicyclic) bond motifs is 2. The average Bonchev–Trinajstić information content (AvgIpc) is 3.17. The van der Waals surface area contributed by atoms with Crippen LogP contribution in [0.3, 0.4) is 0 Å². The fraction of sp³-hybridized carbons (Fsp3) is 0.375. The predicted molar refractivity (Wildman–Crippen MR) is 118 cm³/mol. The van der Waals surface area contributed by atoms with Gasteiger partial charge in [-0.2, -0.15) is 0 Å². The van der Waals surface area contributed by atoms with Gasteiger partial charge in [0.25, 0.3) is 0 Å². The number of aromatic amines is 1. The van der Waals surface area contributed by atoms with Crippen molar-refractivity contribution >= 4 is 33.7 Å². The van der Waals surface area contributed by atoms with E-state index in [9.17, 15) is 4.39 Å². The monoisotopic (exact) mass is 422 g/mol. The average molecular weight is 423 g/mol. The highest BCUT2D eigenvalue weighted by molar-refractivity contribution is 6.31. The summed E-state index contributed by atoms with van der Waals surface area (Å²) in [5.41, 5.74) is 3.73. The molecule has 0 bridgehead atoms. The molecule has 0 radical (unpaired) electrons. The highest BCUT2D eigenvalue weighted by atomic mass is 35.5. The van der Waals surface area contributed by atoms with E-state index < -0.39 is 0 Å². The number of benzene rings is 1. The van der Waals surface area contributed by atoms with Crippen LogP contribution in [0.5, 0.6) is 0 Å². The van der Waals surface area contributed by atoms with Gasteiger partial charge >= 0.3 is 0 Å². The molecule has 30 heavy (non-hydrogen) atoms. The summed E-state index contributed by atoms with van der Waals surface area (Å²) >= 11 is 6.08. The molecule has 4 aromatic rings. The Hall–Kier alpha value is -2.53. The zero-order valence-electron chi connectivity index (χ0n) is 16.9. The maximum atomic E-state index is 13.8. The van der Waals surface area contributed by atoms with Crippen molar-refractivity contribution in [2.24, 2.45) is 5.92 Å². The minimum absolute atomic E-state index is 0.199. The van der Waals surface area contributed by atoms with Crippen molar-refractivity contribution in [3.05, 3.63) is 65.0 Å². The molecule has 1 unspecified atom stereocenters. The van der Waals surface area contributed by atoms with Crippen molar-refractivity contribution in [2.45, 2.75) is 50.9 Å². The van der Waals surface area contributed by atoms with E-state index in [1.807, 2.05) is 12.3 Å². The molecule has 0 aliphatic heterocycles. The minimum atomic E-state index is -0.199. The Balaban J connectivity index is 1.36. The van der Waals surface area contributed by atoms with Crippen LogP contribution in [0.25, 0.3) is 22.1 Å². The zero-order chi connectivity index (χ0) is 20.7. The number of pyridine rings is 2. The van der Waals surface area contributed by atoms with E-state index in [0.717, 1.165) is 60.0 Å². The summed E-state index contributed by atoms with van der Waals surface area (Å²) in [5, 5.41) is 1.57. The zero-order valence-corrected chi connectivity index (χ0v) is 17.7. The fourth-order valence-corrected chi connectivity index (χ4v) is 5.30. The molecule has 154 valence electrons. The Morgan fingerprint density at radius 3 is 2.77 bits per heavy atom. The molecule has 0 saturated heterocycles. The van der Waals surface area contributed by atoms with Crippen molar-refractivity contribution in [1.82, 2.24) is 19.9 Å². The number of nitrogens with zero attached hydrogens (tertiary/aromatic N) is 3. The second kappa shape index (κ2) is 7.95. The Morgan fingerprint density at radius 1 is 1.13 bits per heavy atom. The fourth-order valence-electron chi connectivity index (χ4n) is 5.15. The first-order valence-electron chi connectivity index (χ1n) is 10.7. The van der Waals surface area contributed by atoms with Gasteiger partial charge in [0.1, 0.15) is 11.6 Å². The van der Waals surface area contributed by atoms with Crippen LogP contribution in [0.15, 0.2) is 42.7 Å². The molecule has 1 aliphatic rings. The molecule has 1 aliphatic carbocycles. The van der Waals surface area contributed by atoms with Crippen LogP contribution < -0.4 is 0 Å². The second-order valence-corrected chi connectivity index (χ2v) is 8.77. The van der Waals surface area contributed by atoms with Gasteiger partial charge in [0.2, 0.25) is 0 Å². The number of halogens is 2. The topological polar surface area (TPSA) is 54.5 Å². The van der Waals surface area contributed by atoms with E-state index in [1.54, 1.807) is 18.3 Å². The molecule has 1 atom stereocenters. The number of rotatable bonds is 4. The van der Waals surface area contributed by atoms with Gasteiger partial charge in [0.15, 0.2) is 5.65 Å². The van der Waals surface area contributed by atoms with Crippen LogP contribution in [0, 0.1) is 11.7 Å². The van der Waals surface area contributed by atoms with Crippen LogP contribution in [0.4, 0.5) is 4.39 Å². The predicted octanol–water partition coefficient (Wildman–Crippen LogP) is 6.77. The summed E-state index contributed by atoms with van der Waals surface area (Å²) in [5.74, 6) is 2.22. The summed E-state index contributed by atoms with van der Waals surface area (Å²) in [6.45, 7) is 2.23. The number of imidazole rings is 1. The lowest BCUT2D eigenvalue weighted by atomic mass is 9.72. The van der Waals surface area contributed by atoms with E-state index in [0.29, 0.717) is 22.8 Å². The van der Waals surface area contributed by atoms with Gasteiger partial charge in [-0.3, -0.25) is 4.98 Å². The Labute approximate surface area is 179 Å². The van der Waals surface area contributed by atoms with E-state index >= 15 is 0 Å². The summed E-state index contributed by atoms with van der Waals surface area (Å²) in [6.07, 6.45) is 8.99. The molecule has 3 heterocycles. The lowest BCUT2D eigenvalue weighted by Crippen LogP contribution is -2.20. The third-order valence-electron chi connectivity index (χ3n) is 6.63. The van der Waals surface area contributed by atoms with E-state index in [1.165, 1.54) is 11.6 Å². The highest BCUT2D eigenvalue weighted by Gasteiger charge is 2.30. The molecule has 3 aromatic heterocycles. The quantitative estimate of drug-likeness (QED) is 0.395. The summed E-state index contributed by atoms with van der Waals surface area (Å²) in [7, 11) is 0. The Morgan fingerprint density at radius 2 is 1.97 bits per heavy atom. The maximum Gasteiger partial charge on any atom is 0.177 e. The number of hydrogen-bond acceptors (Lipinski definition) is 3. The van der Waals surface area contributed by atoms with Gasteiger partial charge in [-0.05, 0) is 79.8 Å². The largest absolute Gasteiger partial charge is 0.340 e. The summed E-state index contributed by atoms with van der Waals surface area (Å²) in [6, 6.07) is 8.84. The van der Waals surface area contributed by atoms with E-state index in [4.69, 9.17) is 16.6 Å². The Kier molecular flexibility index (Phi) is 5.15. The van der Waals surface area contributed by atoms with Crippen molar-refractivity contribution in [2.75, 3.05) is 0 Å². The lowest BCUT2D eigenvalue weighted by Gasteiger charge is -2.33. The SMILES string of the molecule is CCC(c1nc2ncc(Cl)cc2[nH]1)C1CCC(c2ccnc3ccc(F)cc23)CC1. The molecule has 5 rings (SSSR count). The molecule has 1 N–H and O–H groups in total. The first-order chi connectivity index (χ1) is 14.6. The molecule has 4 nitrogen and oxygen atoms in total. The van der Waals surface area contributed by atoms with Crippen LogP contribution in [0.2, 0.25) is 5.02 Å². The lowest BCUT2D eigenvalue weighted by molar-refractivity contribution is 0.272. The van der Waals surface area contributed by atoms with Crippen molar-refractivity contribution < 1.29 is 4.39 Å². The van der Waals surface area contributed by atoms with Gasteiger partial charge < -0.3 is 4.98 Å². The molecule has 1 saturated carbocycles. The van der Waals surface area contributed by atoms with Crippen LogP contribution >= 0.6 is 11.6 Å². The first kappa shape index (κ1) is 19.4. The molecular weight excluding hydrogens is 399 g/mol. The molecule has 0 spiro atoms. The van der Waals surface area contributed by atoms with E-state index in [-0.39, 0.29) is 5.82 Å². The van der Waals surface area contributed by atoms with Crippen molar-refractivity contribution in [3.8, 4) is 0 Å². The number of nitrogens with one attached hydrogen (secondary N) is 1. The molecule has 6 heteroatoms. The van der Waals surface area contributed by atoms with Crippen molar-refractivity contribution in [3.63, 3.8) is 0 Å². The minimum Gasteiger partial charge on any atom is -0.340 e. The third-order valence-corrected chi connectivity index (χ3v) is 6.84. The smallest absolute Gasteiger partial charge is 0.177 e. The van der Waals surface area contributed by atoms with Gasteiger partial charge in [-0.15, -0.1) is 0 Å². The molecule has 1 fully saturated rings. The van der Waals surface area contributed by atoms with Crippen molar-refractivity contribution in [1.29, 1.82) is 0 Å². The normalized spacial score (nSPS) is 20.6. The van der Waals surface area contributed by atoms with Gasteiger partial charge in [0.05, 0.1) is 16.1 Å². The number of H-pyrrole nitrogens is 1. The van der Waals surface area contributed by atoms with Gasteiger partial charge in [-0.1, -0.05) is 18.5 Å². The molecule has 0 amide bonds. The number of aromatic nitrogens is 4. The standard InChI is InChI=1S/C24H24ClFN4/c1-2-18(23-29-22-11-16(25)13-28-24(22)30-23)14-3-5-15(6-4-14)19-9-10-27-21-8-7-17(26)12-20(19)21/h7-15,18H,2-6H2,1H3,(H,28,29,30). The van der Waals surface area contributed by atoms with Gasteiger partial charge in [-0.25, -0.2) is 14.4 Å². The van der Waals surface area contributed by atoms with Gasteiger partial charge in [0, 0.05) is 23.7 Å². The Bertz CT molecular complexity index is 1200.